The number of halogens is 17. The number of aliphatic hydroxyl groups is 1. The van der Waals surface area contributed by atoms with E-state index in [4.69, 9.17) is 51.1 Å². The lowest BCUT2D eigenvalue weighted by molar-refractivity contribution is -0.149. The van der Waals surface area contributed by atoms with Crippen LogP contribution in [0, 0.1) is 53.2 Å². The molecule has 1 N–H and O–H groups in total. The Morgan fingerprint density at radius 1 is 0.376 bits per heavy atom. The molecule has 0 aliphatic carbocycles. The number of pyridine rings is 4. The lowest BCUT2D eigenvalue weighted by atomic mass is 9.85. The summed E-state index contributed by atoms with van der Waals surface area (Å²) < 4.78 is 181. The molecule has 0 radical (unpaired) electrons. The number of piperidine rings is 4. The number of amides is 4. The van der Waals surface area contributed by atoms with Gasteiger partial charge in [0.2, 0.25) is 46.9 Å². The van der Waals surface area contributed by atoms with E-state index < -0.39 is 54.1 Å². The highest BCUT2D eigenvalue weighted by Gasteiger charge is 2.48. The summed E-state index contributed by atoms with van der Waals surface area (Å²) in [6.45, 7) is 16.7. The van der Waals surface area contributed by atoms with Crippen molar-refractivity contribution >= 4 is 142 Å². The minimum absolute atomic E-state index is 0.00122. The zero-order chi connectivity index (χ0) is 101. The van der Waals surface area contributed by atoms with Gasteiger partial charge in [-0.25, -0.2) is 4.39 Å². The average Bonchev–Trinajstić information content (AvgIpc) is 1.71. The number of methoxy groups -OCH3 is 1. The first-order valence-corrected chi connectivity index (χ1v) is 47.2. The SMILES string of the molecule is CC(=O)c1ccc2c(N3CC[C@H](C(=O)N4CCn5c(nnc5C(F)(F)F)C4)[C@H](C)C3)c(Cl)cnc2c1.CC(O)c1ccc2c(N3CC[C@H](C(=O)N4CCn5c(nnc5C(F)(F)F)C4)[C@H](C)C3)c(Cl)cnc2c1.COc1ccc2c(N3CC[C@H](C(=O)N4CCn5c(nnc5C(F)(F)F)C4)[C@H](C)C3)c(Cl)cnc2c1.C[C@@H]1CN(c2c(Cl)cnc3cc(F)ccc23)CC[C@@H]1C(=O)N1CCn2c(nnc2C(F)(F)F)C1. The number of ether oxygens (including phenoxy) is 1. The van der Waals surface area contributed by atoms with Crippen LogP contribution >= 0.6 is 46.4 Å². The van der Waals surface area contributed by atoms with E-state index in [0.29, 0.717) is 120 Å². The molecule has 8 aromatic heterocycles. The molecule has 20 rings (SSSR count). The van der Waals surface area contributed by atoms with E-state index in [0.717, 1.165) is 79.2 Å². The highest BCUT2D eigenvalue weighted by molar-refractivity contribution is 6.36. The maximum absolute atomic E-state index is 13.6. The van der Waals surface area contributed by atoms with Crippen LogP contribution in [0.3, 0.4) is 0 Å². The summed E-state index contributed by atoms with van der Waals surface area (Å²) in [6.07, 6.45) is -10.3. The number of anilines is 4. The Morgan fingerprint density at radius 3 is 0.936 bits per heavy atom. The van der Waals surface area contributed by atoms with Crippen molar-refractivity contribution in [3.8, 4) is 5.75 Å². The number of hydrogen-bond acceptors (Lipinski definition) is 23. The number of carbonyl (C=O) groups is 5. The lowest BCUT2D eigenvalue weighted by Crippen LogP contribution is -2.49. The van der Waals surface area contributed by atoms with Crippen molar-refractivity contribution < 1.29 is 90.9 Å². The first kappa shape index (κ1) is 100. The van der Waals surface area contributed by atoms with Crippen LogP contribution in [0.1, 0.15) is 136 Å². The number of fused-ring (bicyclic) bond motifs is 8. The van der Waals surface area contributed by atoms with Gasteiger partial charge in [-0.05, 0) is 111 Å². The fraction of sp³-hybridized carbons (Fsp3) is 0.473. The molecular weight excluding hydrogens is 1950 g/mol. The highest BCUT2D eigenvalue weighted by atomic mass is 35.5. The molecule has 1 unspecified atom stereocenters. The van der Waals surface area contributed by atoms with Gasteiger partial charge in [-0.1, -0.05) is 92.3 Å². The van der Waals surface area contributed by atoms with Gasteiger partial charge in [0.15, 0.2) is 29.1 Å². The second kappa shape index (κ2) is 40.0. The molecule has 141 heavy (non-hydrogen) atoms. The molecule has 9 atom stereocenters. The largest absolute Gasteiger partial charge is 0.497 e. The summed E-state index contributed by atoms with van der Waals surface area (Å²) in [4.78, 5) is 97.5. The topological polar surface area (TPSA) is 315 Å². The average molecular weight is 2050 g/mol. The molecule has 0 bridgehead atoms. The minimum Gasteiger partial charge on any atom is -0.497 e. The van der Waals surface area contributed by atoms with E-state index in [1.165, 1.54) is 25.3 Å². The fourth-order valence-electron chi connectivity index (χ4n) is 20.5. The van der Waals surface area contributed by atoms with E-state index in [1.807, 2.05) is 70.2 Å². The third-order valence-corrected chi connectivity index (χ3v) is 28.8. The summed E-state index contributed by atoms with van der Waals surface area (Å²) in [5, 5.41) is 43.1. The number of ketones is 1. The summed E-state index contributed by atoms with van der Waals surface area (Å²) in [6, 6.07) is 21.0. The van der Waals surface area contributed by atoms with Gasteiger partial charge in [-0.2, -0.15) is 52.7 Å². The molecule has 748 valence electrons. The molecule has 48 heteroatoms. The van der Waals surface area contributed by atoms with Gasteiger partial charge in [0.05, 0.1) is 104 Å². The number of benzene rings is 4. The van der Waals surface area contributed by atoms with Crippen LogP contribution < -0.4 is 24.3 Å². The fourth-order valence-corrected chi connectivity index (χ4v) is 21.6. The van der Waals surface area contributed by atoms with Crippen molar-refractivity contribution in [1.29, 1.82) is 0 Å². The third kappa shape index (κ3) is 20.6. The molecule has 4 saturated heterocycles. The van der Waals surface area contributed by atoms with Gasteiger partial charge >= 0.3 is 24.7 Å². The summed E-state index contributed by atoms with van der Waals surface area (Å²) in [5.41, 5.74) is 7.31. The molecule has 0 spiro atoms. The van der Waals surface area contributed by atoms with Crippen LogP contribution in [0.2, 0.25) is 20.1 Å². The Kier molecular flexibility index (Phi) is 28.5. The molecule has 12 aromatic rings. The summed E-state index contributed by atoms with van der Waals surface area (Å²) in [7, 11) is 1.60. The Hall–Kier alpha value is -12.2. The van der Waals surface area contributed by atoms with Crippen LogP contribution in [0.4, 0.5) is 79.8 Å². The van der Waals surface area contributed by atoms with Crippen LogP contribution in [0.15, 0.2) is 97.6 Å². The maximum atomic E-state index is 13.6. The zero-order valence-electron chi connectivity index (χ0n) is 77.0. The van der Waals surface area contributed by atoms with Crippen molar-refractivity contribution in [2.45, 2.75) is 150 Å². The maximum Gasteiger partial charge on any atom is 0.451 e. The third-order valence-electron chi connectivity index (χ3n) is 27.7. The summed E-state index contributed by atoms with van der Waals surface area (Å²) >= 11 is 26.1. The predicted molar refractivity (Wildman–Crippen MR) is 494 cm³/mol. The van der Waals surface area contributed by atoms with Gasteiger partial charge in [0.25, 0.3) is 0 Å². The van der Waals surface area contributed by atoms with Crippen molar-refractivity contribution in [3.05, 3.63) is 181 Å². The zero-order valence-corrected chi connectivity index (χ0v) is 80.0. The number of aliphatic hydroxyl groups excluding tert-OH is 1. The quantitative estimate of drug-likeness (QED) is 0.0928. The normalized spacial score (nSPS) is 21.0. The number of hydrogen-bond donors (Lipinski definition) is 1. The van der Waals surface area contributed by atoms with Gasteiger partial charge in [-0.15, -0.1) is 40.8 Å². The molecule has 8 aliphatic heterocycles. The van der Waals surface area contributed by atoms with E-state index in [-0.39, 0.29) is 184 Å². The number of rotatable bonds is 11. The van der Waals surface area contributed by atoms with Crippen LogP contribution in [-0.4, -0.2) is 219 Å². The molecule has 16 heterocycles. The first-order valence-electron chi connectivity index (χ1n) is 45.7. The van der Waals surface area contributed by atoms with E-state index in [1.54, 1.807) is 70.4 Å². The van der Waals surface area contributed by atoms with Crippen molar-refractivity contribution in [1.82, 2.24) is 98.6 Å². The van der Waals surface area contributed by atoms with Gasteiger partial charge < -0.3 is 67.3 Å². The molecular formula is C93H95Cl4F13N24O7. The second-order valence-corrected chi connectivity index (χ2v) is 38.4. The van der Waals surface area contributed by atoms with Crippen LogP contribution in [-0.2, 0) is 96.2 Å². The second-order valence-electron chi connectivity index (χ2n) is 36.8. The van der Waals surface area contributed by atoms with Crippen molar-refractivity contribution in [2.75, 3.05) is 105 Å². The predicted octanol–water partition coefficient (Wildman–Crippen LogP) is 16.4. The Morgan fingerprint density at radius 2 is 0.652 bits per heavy atom. The standard InChI is InChI=1S/C24H26ClF3N6O2.C24H24ClF3N6O2.C23H24ClF3N6O2.C22H21ClF4N6O/c2*1-13-11-32(21-17-4-3-15(14(2)35)9-19(17)29-10-18(21)25)6-5-16(13)22(36)33-7-8-34-20(12-33)30-31-23(34)24(26,27)28;1-13-11-31(20-16-4-3-14(35-2)9-18(16)28-10-17(20)24)6-5-15(13)21(34)32-7-8-33-19(12-32)29-30-22(33)23(25,26)27;1-12-10-31(19-15-3-2-13(24)8-17(15)28-9-16(19)23)5-4-14(12)20(34)32-6-7-33-18(11-32)29-30-21(33)22(25,26)27/h3-4,9-10,13-14,16,35H,5-8,11-12H2,1-2H3;3-4,9-10,13,16H,5-8,11-12H2,1-2H3;3-4,9-10,13,15H,5-8,11-12H2,1-2H3;2-3,8-9,12,14H,4-7,10-11H2,1H3/t13-,14?,16+;13-,16+;13-,15+;12-,14+/m1111/s1. The van der Waals surface area contributed by atoms with Gasteiger partial charge in [0, 0.05) is 192 Å². The summed E-state index contributed by atoms with van der Waals surface area (Å²) in [5.74, 6) is -4.63. The molecule has 4 fully saturated rings. The highest BCUT2D eigenvalue weighted by Crippen LogP contribution is 2.46. The Labute approximate surface area is 817 Å². The Bertz CT molecular complexity index is 6800. The minimum atomic E-state index is -4.58. The van der Waals surface area contributed by atoms with Crippen molar-refractivity contribution in [3.63, 3.8) is 0 Å². The van der Waals surface area contributed by atoms with Crippen molar-refractivity contribution in [2.24, 2.45) is 47.3 Å². The number of Topliss-reactive ketones (excluding diaryl/α,β-unsaturated/α-hetero) is 1. The smallest absolute Gasteiger partial charge is 0.451 e. The monoisotopic (exact) mass is 2050 g/mol. The number of nitrogens with zero attached hydrogens (tertiary/aromatic N) is 24. The van der Waals surface area contributed by atoms with Crippen LogP contribution in [0.25, 0.3) is 43.6 Å². The first-order chi connectivity index (χ1) is 66.9. The van der Waals surface area contributed by atoms with Gasteiger partial charge in [-0.3, -0.25) is 43.9 Å². The molecule has 31 nitrogen and oxygen atoms in total. The van der Waals surface area contributed by atoms with E-state index in [2.05, 4.69) is 80.3 Å². The number of aromatic nitrogens is 16. The van der Waals surface area contributed by atoms with E-state index in [9.17, 15) is 86.2 Å². The van der Waals surface area contributed by atoms with E-state index >= 15 is 0 Å². The van der Waals surface area contributed by atoms with Crippen LogP contribution in [0.5, 0.6) is 5.75 Å². The molecule has 0 saturated carbocycles. The number of alkyl halides is 12. The molecule has 8 aliphatic rings. The molecule has 4 aromatic carbocycles. The molecule has 4 amide bonds. The lowest BCUT2D eigenvalue weighted by Gasteiger charge is -2.40. The number of carbonyl (C=O) groups excluding carboxylic acids is 5. The Balaban J connectivity index is 0.000000130. The van der Waals surface area contributed by atoms with Gasteiger partial charge in [0.1, 0.15) is 11.6 Å².